The molecule has 7 rings (SSSR count). The molecule has 2 saturated heterocycles. The Balaban J connectivity index is 1.11. The molecule has 6 fully saturated rings. The van der Waals surface area contributed by atoms with Gasteiger partial charge in [-0.2, -0.15) is 0 Å². The van der Waals surface area contributed by atoms with Gasteiger partial charge >= 0.3 is 6.03 Å². The molecule has 6 heteroatoms. The standard InChI is InChI=1S/C24H31FN2O3/c25-20-3-1-2-4-21(20)30-19-9-17-5-6-18(10-19)27(17)23(28)26-22-15-7-14-8-16(22)13-24(29,11-14)12-15/h1-4,14-19,22,29H,5-13H2,(H,26,28)/t14?,15?,16?,17-,18+,19-,22?,24?. The summed E-state index contributed by atoms with van der Waals surface area (Å²) in [5.74, 6) is 1.47. The van der Waals surface area contributed by atoms with Crippen molar-refractivity contribution >= 4 is 6.03 Å². The quantitative estimate of drug-likeness (QED) is 0.790. The van der Waals surface area contributed by atoms with Crippen molar-refractivity contribution in [1.82, 2.24) is 10.2 Å². The minimum absolute atomic E-state index is 0.0427. The molecule has 30 heavy (non-hydrogen) atoms. The minimum atomic E-state index is -0.473. The van der Waals surface area contributed by atoms with Crippen LogP contribution in [-0.4, -0.2) is 45.9 Å². The summed E-state index contributed by atoms with van der Waals surface area (Å²) in [6.07, 6.45) is 8.41. The molecule has 0 aromatic heterocycles. The molecule has 5 atom stereocenters. The third-order valence-electron chi connectivity index (χ3n) is 8.59. The largest absolute Gasteiger partial charge is 0.487 e. The lowest BCUT2D eigenvalue weighted by atomic mass is 9.52. The summed E-state index contributed by atoms with van der Waals surface area (Å²) in [6, 6.07) is 7.17. The number of aliphatic hydroxyl groups is 1. The Labute approximate surface area is 177 Å². The number of nitrogens with one attached hydrogen (secondary N) is 1. The second-order valence-electron chi connectivity index (χ2n) is 10.6. The average molecular weight is 415 g/mol. The Hall–Kier alpha value is -1.82. The summed E-state index contributed by atoms with van der Waals surface area (Å²) in [6.45, 7) is 0. The fourth-order valence-electron chi connectivity index (χ4n) is 7.71. The van der Waals surface area contributed by atoms with E-state index in [2.05, 4.69) is 10.2 Å². The Morgan fingerprint density at radius 2 is 1.73 bits per heavy atom. The highest BCUT2D eigenvalue weighted by Crippen LogP contribution is 2.55. The molecule has 2 heterocycles. The maximum absolute atomic E-state index is 14.0. The summed E-state index contributed by atoms with van der Waals surface area (Å²) in [5.41, 5.74) is -0.473. The van der Waals surface area contributed by atoms with E-state index in [1.165, 1.54) is 6.07 Å². The number of benzene rings is 1. The van der Waals surface area contributed by atoms with E-state index in [0.29, 0.717) is 23.5 Å². The number of ether oxygens (including phenoxy) is 1. The fourth-order valence-corrected chi connectivity index (χ4v) is 7.71. The molecule has 6 bridgehead atoms. The van der Waals surface area contributed by atoms with Crippen LogP contribution in [0, 0.1) is 23.6 Å². The van der Waals surface area contributed by atoms with Crippen molar-refractivity contribution in [3.8, 4) is 5.75 Å². The van der Waals surface area contributed by atoms with E-state index in [-0.39, 0.29) is 36.1 Å². The van der Waals surface area contributed by atoms with Crippen molar-refractivity contribution in [2.75, 3.05) is 0 Å². The number of hydrogen-bond donors (Lipinski definition) is 2. The van der Waals surface area contributed by atoms with E-state index in [9.17, 15) is 14.3 Å². The maximum atomic E-state index is 14.0. The molecule has 162 valence electrons. The third-order valence-corrected chi connectivity index (χ3v) is 8.59. The zero-order valence-corrected chi connectivity index (χ0v) is 17.3. The summed E-state index contributed by atoms with van der Waals surface area (Å²) in [5, 5.41) is 14.2. The van der Waals surface area contributed by atoms with Crippen LogP contribution in [0.3, 0.4) is 0 Å². The second-order valence-corrected chi connectivity index (χ2v) is 10.6. The molecule has 0 spiro atoms. The van der Waals surface area contributed by atoms with Gasteiger partial charge in [0.25, 0.3) is 0 Å². The highest BCUT2D eigenvalue weighted by atomic mass is 19.1. The smallest absolute Gasteiger partial charge is 0.318 e. The number of carbonyl (C=O) groups excluding carboxylic acids is 1. The molecule has 1 aromatic carbocycles. The number of amides is 2. The van der Waals surface area contributed by atoms with Crippen molar-refractivity contribution in [3.63, 3.8) is 0 Å². The Bertz CT molecular complexity index is 817. The molecule has 4 aliphatic carbocycles. The molecule has 1 aromatic rings. The molecule has 2 aliphatic heterocycles. The average Bonchev–Trinajstić information content (AvgIpc) is 2.96. The fraction of sp³-hybridized carbons (Fsp3) is 0.708. The SMILES string of the molecule is O=C(NC1C2CC3CC1CC(O)(C3)C2)N1[C@@H]2CC[C@H]1C[C@H](Oc1ccccc1F)C2. The first-order valence-electron chi connectivity index (χ1n) is 11.7. The van der Waals surface area contributed by atoms with Crippen LogP contribution in [0.4, 0.5) is 9.18 Å². The van der Waals surface area contributed by atoms with Crippen molar-refractivity contribution in [2.45, 2.75) is 87.6 Å². The van der Waals surface area contributed by atoms with Gasteiger partial charge in [-0.25, -0.2) is 9.18 Å². The van der Waals surface area contributed by atoms with Gasteiger partial charge in [0, 0.05) is 31.0 Å². The number of carbonyl (C=O) groups is 1. The van der Waals surface area contributed by atoms with Gasteiger partial charge in [0.05, 0.1) is 5.60 Å². The number of urea groups is 1. The second kappa shape index (κ2) is 6.84. The molecular weight excluding hydrogens is 383 g/mol. The summed E-state index contributed by atoms with van der Waals surface area (Å²) < 4.78 is 19.9. The normalized spacial score (nSPS) is 43.7. The van der Waals surface area contributed by atoms with E-state index in [0.717, 1.165) is 57.8 Å². The van der Waals surface area contributed by atoms with Crippen molar-refractivity contribution in [3.05, 3.63) is 30.1 Å². The number of para-hydroxylation sites is 1. The van der Waals surface area contributed by atoms with Crippen molar-refractivity contribution in [1.29, 1.82) is 0 Å². The van der Waals surface area contributed by atoms with Crippen molar-refractivity contribution in [2.24, 2.45) is 17.8 Å². The molecule has 5 nitrogen and oxygen atoms in total. The molecule has 2 unspecified atom stereocenters. The first-order chi connectivity index (χ1) is 14.5. The van der Waals surface area contributed by atoms with Gasteiger partial charge in [0.1, 0.15) is 6.10 Å². The minimum Gasteiger partial charge on any atom is -0.487 e. The number of hydrogen-bond acceptors (Lipinski definition) is 3. The number of piperidine rings is 1. The van der Waals surface area contributed by atoms with Gasteiger partial charge in [-0.3, -0.25) is 0 Å². The van der Waals surface area contributed by atoms with Crippen molar-refractivity contribution < 1.29 is 19.0 Å². The van der Waals surface area contributed by atoms with Crippen LogP contribution in [0.15, 0.2) is 24.3 Å². The molecule has 2 amide bonds. The van der Waals surface area contributed by atoms with Gasteiger partial charge in [-0.15, -0.1) is 0 Å². The van der Waals surface area contributed by atoms with Crippen LogP contribution < -0.4 is 10.1 Å². The Morgan fingerprint density at radius 3 is 2.37 bits per heavy atom. The Morgan fingerprint density at radius 1 is 1.07 bits per heavy atom. The predicted molar refractivity (Wildman–Crippen MR) is 110 cm³/mol. The van der Waals surface area contributed by atoms with Crippen LogP contribution in [-0.2, 0) is 0 Å². The molecule has 0 radical (unpaired) electrons. The predicted octanol–water partition coefficient (Wildman–Crippen LogP) is 3.85. The summed E-state index contributed by atoms with van der Waals surface area (Å²) in [4.78, 5) is 15.4. The van der Waals surface area contributed by atoms with E-state index < -0.39 is 5.60 Å². The zero-order chi connectivity index (χ0) is 20.5. The van der Waals surface area contributed by atoms with Crippen LogP contribution >= 0.6 is 0 Å². The lowest BCUT2D eigenvalue weighted by molar-refractivity contribution is -0.137. The molecule has 2 N–H and O–H groups in total. The van der Waals surface area contributed by atoms with Crippen LogP contribution in [0.5, 0.6) is 5.75 Å². The first kappa shape index (κ1) is 18.9. The highest BCUT2D eigenvalue weighted by molar-refractivity contribution is 5.76. The molecular formula is C24H31FN2O3. The maximum Gasteiger partial charge on any atom is 0.318 e. The van der Waals surface area contributed by atoms with Crippen LogP contribution in [0.2, 0.25) is 0 Å². The zero-order valence-electron chi connectivity index (χ0n) is 17.3. The number of halogens is 1. The lowest BCUT2D eigenvalue weighted by Gasteiger charge is -2.58. The lowest BCUT2D eigenvalue weighted by Crippen LogP contribution is -2.64. The van der Waals surface area contributed by atoms with Crippen LogP contribution in [0.25, 0.3) is 0 Å². The Kier molecular flexibility index (Phi) is 4.31. The van der Waals surface area contributed by atoms with Gasteiger partial charge in [0.2, 0.25) is 0 Å². The van der Waals surface area contributed by atoms with E-state index in [4.69, 9.17) is 4.74 Å². The summed E-state index contributed by atoms with van der Waals surface area (Å²) >= 11 is 0. The van der Waals surface area contributed by atoms with Gasteiger partial charge in [0.15, 0.2) is 11.6 Å². The van der Waals surface area contributed by atoms with Crippen LogP contribution in [0.1, 0.15) is 57.8 Å². The topological polar surface area (TPSA) is 61.8 Å². The highest BCUT2D eigenvalue weighted by Gasteiger charge is 2.55. The van der Waals surface area contributed by atoms with E-state index in [1.807, 2.05) is 0 Å². The number of fused-ring (bicyclic) bond motifs is 2. The molecule has 4 saturated carbocycles. The number of nitrogens with zero attached hydrogens (tertiary/aromatic N) is 1. The monoisotopic (exact) mass is 414 g/mol. The first-order valence-corrected chi connectivity index (χ1v) is 11.7. The number of rotatable bonds is 3. The third kappa shape index (κ3) is 3.10. The van der Waals surface area contributed by atoms with Gasteiger partial charge in [-0.1, -0.05) is 12.1 Å². The van der Waals surface area contributed by atoms with Gasteiger partial charge < -0.3 is 20.1 Å². The van der Waals surface area contributed by atoms with Gasteiger partial charge in [-0.05, 0) is 74.8 Å². The molecule has 6 aliphatic rings. The van der Waals surface area contributed by atoms with E-state index in [1.54, 1.807) is 18.2 Å². The van der Waals surface area contributed by atoms with E-state index >= 15 is 0 Å². The summed E-state index contributed by atoms with van der Waals surface area (Å²) in [7, 11) is 0.